The Morgan fingerprint density at radius 3 is 2.65 bits per heavy atom. The standard InChI is InChI=1S/C25H18F2N6O/c26-18-2-1-3-19(27)21(18)24-32-22-15-5-4-13(29-8-6-14-11-28-12-31-14)10-17(15)20-16(23(22)33-24)7-9-30-25(20)34/h1-5,7,9-12,29H,6,8H2,(H,28,31)(H,30,34)(H,32,33). The Morgan fingerprint density at radius 1 is 1.00 bits per heavy atom. The molecule has 168 valence electrons. The molecule has 0 saturated heterocycles. The number of anilines is 1. The third kappa shape index (κ3) is 3.21. The van der Waals surface area contributed by atoms with Crippen LogP contribution in [0.25, 0.3) is 44.0 Å². The molecule has 0 atom stereocenters. The first-order valence-corrected chi connectivity index (χ1v) is 10.7. The summed E-state index contributed by atoms with van der Waals surface area (Å²) in [5, 5.41) is 5.86. The molecule has 0 aliphatic heterocycles. The number of H-pyrrole nitrogens is 3. The summed E-state index contributed by atoms with van der Waals surface area (Å²) in [4.78, 5) is 30.3. The number of fused-ring (bicyclic) bond motifs is 6. The minimum atomic E-state index is -0.714. The lowest BCUT2D eigenvalue weighted by atomic mass is 10.0. The van der Waals surface area contributed by atoms with E-state index in [-0.39, 0.29) is 16.9 Å². The van der Waals surface area contributed by atoms with E-state index in [4.69, 9.17) is 0 Å². The number of pyridine rings is 1. The molecule has 6 rings (SSSR count). The van der Waals surface area contributed by atoms with E-state index in [1.54, 1.807) is 18.6 Å². The van der Waals surface area contributed by atoms with Crippen LogP contribution in [0, 0.1) is 11.6 Å². The van der Waals surface area contributed by atoms with Crippen molar-refractivity contribution in [1.29, 1.82) is 0 Å². The van der Waals surface area contributed by atoms with Gasteiger partial charge in [0.05, 0.1) is 34.0 Å². The van der Waals surface area contributed by atoms with E-state index in [0.29, 0.717) is 39.1 Å². The number of hydrogen-bond acceptors (Lipinski definition) is 4. The van der Waals surface area contributed by atoms with Crippen molar-refractivity contribution < 1.29 is 8.78 Å². The van der Waals surface area contributed by atoms with Crippen LogP contribution in [0.3, 0.4) is 0 Å². The molecule has 3 aromatic carbocycles. The normalized spacial score (nSPS) is 11.6. The molecule has 0 radical (unpaired) electrons. The lowest BCUT2D eigenvalue weighted by Crippen LogP contribution is -2.07. The van der Waals surface area contributed by atoms with Crippen molar-refractivity contribution in [2.45, 2.75) is 6.42 Å². The van der Waals surface area contributed by atoms with Crippen LogP contribution in [0.5, 0.6) is 0 Å². The summed E-state index contributed by atoms with van der Waals surface area (Å²) < 4.78 is 28.9. The van der Waals surface area contributed by atoms with Crippen LogP contribution in [0.1, 0.15) is 5.69 Å². The van der Waals surface area contributed by atoms with E-state index in [0.717, 1.165) is 17.8 Å². The molecule has 34 heavy (non-hydrogen) atoms. The third-order valence-electron chi connectivity index (χ3n) is 5.94. The molecule has 0 bridgehead atoms. The zero-order valence-electron chi connectivity index (χ0n) is 17.7. The third-order valence-corrected chi connectivity index (χ3v) is 5.94. The van der Waals surface area contributed by atoms with Crippen molar-refractivity contribution in [2.24, 2.45) is 0 Å². The smallest absolute Gasteiger partial charge is 0.256 e. The molecule has 9 heteroatoms. The minimum Gasteiger partial charge on any atom is -0.385 e. The van der Waals surface area contributed by atoms with E-state index < -0.39 is 11.6 Å². The fourth-order valence-corrected chi connectivity index (χ4v) is 4.39. The Bertz CT molecular complexity index is 1720. The second kappa shape index (κ2) is 7.80. The summed E-state index contributed by atoms with van der Waals surface area (Å²) in [6.45, 7) is 0.659. The molecule has 0 saturated carbocycles. The van der Waals surface area contributed by atoms with Crippen LogP contribution in [-0.4, -0.2) is 31.5 Å². The number of nitrogens with zero attached hydrogens (tertiary/aromatic N) is 2. The van der Waals surface area contributed by atoms with Gasteiger partial charge in [-0.3, -0.25) is 4.79 Å². The molecule has 4 N–H and O–H groups in total. The van der Waals surface area contributed by atoms with Gasteiger partial charge in [-0.2, -0.15) is 0 Å². The van der Waals surface area contributed by atoms with E-state index in [2.05, 4.69) is 30.2 Å². The highest BCUT2D eigenvalue weighted by Crippen LogP contribution is 2.36. The Morgan fingerprint density at radius 2 is 1.85 bits per heavy atom. The number of rotatable bonds is 5. The predicted molar refractivity (Wildman–Crippen MR) is 128 cm³/mol. The minimum absolute atomic E-state index is 0.0703. The van der Waals surface area contributed by atoms with Crippen LogP contribution in [0.4, 0.5) is 14.5 Å². The van der Waals surface area contributed by atoms with Crippen molar-refractivity contribution >= 4 is 38.3 Å². The Balaban J connectivity index is 1.54. The maximum absolute atomic E-state index is 14.5. The van der Waals surface area contributed by atoms with Gasteiger partial charge in [0.2, 0.25) is 0 Å². The van der Waals surface area contributed by atoms with Gasteiger partial charge in [-0.1, -0.05) is 12.1 Å². The fourth-order valence-electron chi connectivity index (χ4n) is 4.39. The zero-order valence-corrected chi connectivity index (χ0v) is 17.7. The molecule has 0 amide bonds. The van der Waals surface area contributed by atoms with Gasteiger partial charge in [0.25, 0.3) is 5.56 Å². The van der Waals surface area contributed by atoms with Gasteiger partial charge < -0.3 is 20.3 Å². The van der Waals surface area contributed by atoms with Gasteiger partial charge in [0.15, 0.2) is 0 Å². The summed E-state index contributed by atoms with van der Waals surface area (Å²) in [7, 11) is 0. The van der Waals surface area contributed by atoms with Crippen molar-refractivity contribution in [3.8, 4) is 11.4 Å². The summed E-state index contributed by atoms with van der Waals surface area (Å²) in [5.41, 5.74) is 2.37. The average Bonchev–Trinajstić information content (AvgIpc) is 3.49. The maximum atomic E-state index is 14.5. The molecule has 7 nitrogen and oxygen atoms in total. The first kappa shape index (κ1) is 20.1. The van der Waals surface area contributed by atoms with Gasteiger partial charge in [0.1, 0.15) is 17.5 Å². The van der Waals surface area contributed by atoms with E-state index in [1.807, 2.05) is 24.4 Å². The number of nitrogens with one attached hydrogen (secondary N) is 4. The molecular weight excluding hydrogens is 438 g/mol. The monoisotopic (exact) mass is 456 g/mol. The topological polar surface area (TPSA) is 102 Å². The Kier molecular flexibility index (Phi) is 4.61. The van der Waals surface area contributed by atoms with Crippen molar-refractivity contribution in [3.05, 3.63) is 88.9 Å². The van der Waals surface area contributed by atoms with Gasteiger partial charge in [-0.05, 0) is 35.7 Å². The van der Waals surface area contributed by atoms with Crippen molar-refractivity contribution in [1.82, 2.24) is 24.9 Å². The Hall–Kier alpha value is -4.53. The van der Waals surface area contributed by atoms with Crippen LogP contribution in [0.15, 0.2) is 66.0 Å². The second-order valence-corrected chi connectivity index (χ2v) is 8.00. The summed E-state index contributed by atoms with van der Waals surface area (Å²) in [6, 6.07) is 11.1. The SMILES string of the molecule is O=c1[nH]ccc2c3[nH]c(-c4c(F)cccc4F)nc3c3ccc(NCCc4c[nH]cn4)cc3c12. The molecule has 0 aliphatic carbocycles. The van der Waals surface area contributed by atoms with Gasteiger partial charge in [-0.25, -0.2) is 18.7 Å². The lowest BCUT2D eigenvalue weighted by Gasteiger charge is -2.09. The van der Waals surface area contributed by atoms with Gasteiger partial charge in [-0.15, -0.1) is 0 Å². The molecule has 0 aliphatic rings. The number of hydrogen-bond donors (Lipinski definition) is 4. The molecule has 3 heterocycles. The van der Waals surface area contributed by atoms with Crippen molar-refractivity contribution in [3.63, 3.8) is 0 Å². The average molecular weight is 456 g/mol. The van der Waals surface area contributed by atoms with E-state index in [9.17, 15) is 13.6 Å². The molecule has 0 unspecified atom stereocenters. The summed E-state index contributed by atoms with van der Waals surface area (Å²) in [5.74, 6) is -1.36. The van der Waals surface area contributed by atoms with Gasteiger partial charge >= 0.3 is 0 Å². The summed E-state index contributed by atoms with van der Waals surface area (Å²) in [6.07, 6.45) is 5.77. The van der Waals surface area contributed by atoms with Crippen LogP contribution in [0.2, 0.25) is 0 Å². The maximum Gasteiger partial charge on any atom is 0.256 e. The number of imidazole rings is 2. The highest BCUT2D eigenvalue weighted by Gasteiger charge is 2.19. The molecule has 3 aromatic heterocycles. The van der Waals surface area contributed by atoms with Gasteiger partial charge in [0, 0.05) is 41.8 Å². The van der Waals surface area contributed by atoms with Crippen LogP contribution >= 0.6 is 0 Å². The lowest BCUT2D eigenvalue weighted by molar-refractivity contribution is 0.588. The molecule has 6 aromatic rings. The molecule has 0 fully saturated rings. The highest BCUT2D eigenvalue weighted by molar-refractivity contribution is 6.23. The highest BCUT2D eigenvalue weighted by atomic mass is 19.1. The Labute approximate surface area is 190 Å². The second-order valence-electron chi connectivity index (χ2n) is 8.00. The number of halogens is 2. The van der Waals surface area contributed by atoms with E-state index in [1.165, 1.54) is 18.2 Å². The summed E-state index contributed by atoms with van der Waals surface area (Å²) >= 11 is 0. The quantitative estimate of drug-likeness (QED) is 0.278. The fraction of sp³-hybridized carbons (Fsp3) is 0.0800. The molecular formula is C25H18F2N6O. The predicted octanol–water partition coefficient (Wildman–Crippen LogP) is 4.88. The van der Waals surface area contributed by atoms with E-state index >= 15 is 0 Å². The molecule has 0 spiro atoms. The number of benzene rings is 3. The first-order chi connectivity index (χ1) is 16.6. The van der Waals surface area contributed by atoms with Crippen LogP contribution < -0.4 is 10.9 Å². The van der Waals surface area contributed by atoms with Crippen LogP contribution in [-0.2, 0) is 6.42 Å². The number of aromatic nitrogens is 5. The van der Waals surface area contributed by atoms with Crippen molar-refractivity contribution in [2.75, 3.05) is 11.9 Å². The zero-order chi connectivity index (χ0) is 23.2. The number of aromatic amines is 3. The first-order valence-electron chi connectivity index (χ1n) is 10.7. The largest absolute Gasteiger partial charge is 0.385 e.